The van der Waals surface area contributed by atoms with Gasteiger partial charge in [0.2, 0.25) is 5.95 Å². The number of rotatable bonds is 5. The summed E-state index contributed by atoms with van der Waals surface area (Å²) in [6.45, 7) is 2.07. The molecule has 1 N–H and O–H groups in total. The lowest BCUT2D eigenvalue weighted by molar-refractivity contribution is 0.369. The van der Waals surface area contributed by atoms with E-state index in [1.165, 1.54) is 19.3 Å². The van der Waals surface area contributed by atoms with Crippen molar-refractivity contribution < 1.29 is 4.74 Å². The van der Waals surface area contributed by atoms with E-state index >= 15 is 0 Å². The predicted octanol–water partition coefficient (Wildman–Crippen LogP) is 4.63. The van der Waals surface area contributed by atoms with Crippen LogP contribution in [0.15, 0.2) is 41.3 Å². The fraction of sp³-hybridized carbons (Fsp3) is 0.435. The van der Waals surface area contributed by atoms with E-state index in [1.807, 2.05) is 12.1 Å². The van der Waals surface area contributed by atoms with E-state index in [1.54, 1.807) is 29.0 Å². The Balaban J connectivity index is 1.34. The number of para-hydroxylation sites is 1. The predicted molar refractivity (Wildman–Crippen MR) is 120 cm³/mol. The molecule has 1 aliphatic heterocycles. The van der Waals surface area contributed by atoms with Crippen LogP contribution in [0.4, 0.5) is 5.95 Å². The van der Waals surface area contributed by atoms with E-state index in [-0.39, 0.29) is 17.4 Å². The number of halogens is 1. The average Bonchev–Trinajstić information content (AvgIpc) is 3.38. The van der Waals surface area contributed by atoms with Crippen LogP contribution in [0.1, 0.15) is 38.1 Å². The summed E-state index contributed by atoms with van der Waals surface area (Å²) in [5.41, 5.74) is 3.84. The zero-order chi connectivity index (χ0) is 20.9. The molecule has 0 amide bonds. The van der Waals surface area contributed by atoms with Crippen LogP contribution in [0.2, 0.25) is 5.02 Å². The van der Waals surface area contributed by atoms with Crippen molar-refractivity contribution >= 4 is 28.6 Å². The maximum atomic E-state index is 13.3. The maximum Gasteiger partial charge on any atom is 0.295 e. The summed E-state index contributed by atoms with van der Waals surface area (Å²) in [5.74, 6) is 2.80. The lowest BCUT2D eigenvalue weighted by Gasteiger charge is -2.19. The minimum absolute atomic E-state index is 0.152. The molecule has 3 fully saturated rings. The van der Waals surface area contributed by atoms with Crippen LogP contribution < -0.4 is 15.7 Å². The third-order valence-electron chi connectivity index (χ3n) is 6.69. The number of hydrogen-bond acceptors (Lipinski definition) is 6. The molecular formula is C23H24ClN5O2. The molecule has 0 spiro atoms. The first-order valence-electron chi connectivity index (χ1n) is 11.0. The molecule has 160 valence electrons. The number of benzene rings is 1. The number of fused-ring (bicyclic) bond motifs is 2. The van der Waals surface area contributed by atoms with Crippen molar-refractivity contribution in [3.05, 3.63) is 51.9 Å². The molecule has 2 atom stereocenters. The monoisotopic (exact) mass is 437 g/mol. The van der Waals surface area contributed by atoms with E-state index in [0.29, 0.717) is 22.4 Å². The Kier molecular flexibility index (Phi) is 4.61. The van der Waals surface area contributed by atoms with Crippen LogP contribution in [0.5, 0.6) is 11.5 Å². The van der Waals surface area contributed by atoms with Gasteiger partial charge in [0, 0.05) is 30.7 Å². The Morgan fingerprint density at radius 3 is 2.58 bits per heavy atom. The number of pyridine rings is 1. The van der Waals surface area contributed by atoms with E-state index in [0.717, 1.165) is 43.2 Å². The average molecular weight is 438 g/mol. The van der Waals surface area contributed by atoms with Gasteiger partial charge in [-0.1, -0.05) is 30.2 Å². The topological polar surface area (TPSA) is 72.3 Å². The second-order valence-electron chi connectivity index (χ2n) is 8.89. The molecule has 2 aromatic heterocycles. The summed E-state index contributed by atoms with van der Waals surface area (Å²) in [6.07, 6.45) is 7.68. The van der Waals surface area contributed by atoms with E-state index in [2.05, 4.69) is 15.4 Å². The fourth-order valence-electron chi connectivity index (χ4n) is 5.01. The minimum Gasteiger partial charge on any atom is -0.450 e. The molecule has 0 radical (unpaired) electrons. The van der Waals surface area contributed by atoms with Crippen LogP contribution in [0, 0.1) is 11.8 Å². The van der Waals surface area contributed by atoms with Crippen molar-refractivity contribution in [1.29, 1.82) is 0 Å². The molecule has 0 bridgehead atoms. The maximum absolute atomic E-state index is 13.3. The summed E-state index contributed by atoms with van der Waals surface area (Å²) < 4.78 is 7.66. The second kappa shape index (κ2) is 7.50. The summed E-state index contributed by atoms with van der Waals surface area (Å²) in [5, 5.41) is 3.47. The molecule has 3 aromatic rings. The van der Waals surface area contributed by atoms with Crippen molar-refractivity contribution in [3.63, 3.8) is 0 Å². The third-order valence-corrected chi connectivity index (χ3v) is 7.01. The van der Waals surface area contributed by atoms with Gasteiger partial charge < -0.3 is 4.74 Å². The summed E-state index contributed by atoms with van der Waals surface area (Å²) in [7, 11) is 0. The Hall–Kier alpha value is -2.64. The summed E-state index contributed by atoms with van der Waals surface area (Å²) in [6, 6.07) is 9.01. The third kappa shape index (κ3) is 3.55. The first-order valence-corrected chi connectivity index (χ1v) is 11.4. The number of aromatic nitrogens is 3. The van der Waals surface area contributed by atoms with Crippen LogP contribution in [0.25, 0.3) is 11.0 Å². The van der Waals surface area contributed by atoms with Gasteiger partial charge in [-0.3, -0.25) is 14.8 Å². The van der Waals surface area contributed by atoms with Gasteiger partial charge in [0.1, 0.15) is 11.4 Å². The molecular weight excluding hydrogens is 414 g/mol. The lowest BCUT2D eigenvalue weighted by Crippen LogP contribution is -2.29. The Labute approximate surface area is 185 Å². The molecule has 8 heteroatoms. The van der Waals surface area contributed by atoms with Gasteiger partial charge in [0.15, 0.2) is 5.75 Å². The summed E-state index contributed by atoms with van der Waals surface area (Å²) in [4.78, 5) is 22.5. The van der Waals surface area contributed by atoms with Crippen molar-refractivity contribution in [3.8, 4) is 11.5 Å². The molecule has 1 saturated heterocycles. The molecule has 3 aliphatic rings. The molecule has 31 heavy (non-hydrogen) atoms. The fourth-order valence-corrected chi connectivity index (χ4v) is 5.18. The van der Waals surface area contributed by atoms with Crippen LogP contribution in [0.3, 0.4) is 0 Å². The van der Waals surface area contributed by atoms with Crippen LogP contribution >= 0.6 is 11.6 Å². The number of nitrogens with zero attached hydrogens (tertiary/aromatic N) is 4. The molecule has 2 aliphatic carbocycles. The molecule has 7 nitrogen and oxygen atoms in total. The quantitative estimate of drug-likeness (QED) is 0.627. The van der Waals surface area contributed by atoms with E-state index in [9.17, 15) is 4.79 Å². The number of nitrogens with one attached hydrogen (secondary N) is 1. The highest BCUT2D eigenvalue weighted by Gasteiger charge is 2.36. The molecule has 6 rings (SSSR count). The van der Waals surface area contributed by atoms with Gasteiger partial charge in [0.25, 0.3) is 5.56 Å². The molecule has 1 aromatic carbocycles. The Morgan fingerprint density at radius 1 is 1.06 bits per heavy atom. The standard InChI is InChI=1S/C23H24ClN5O2/c24-18-6-1-2-7-19(18)31-20-10-16-11-25-23(26-21(16)29(22(20)30)17-8-9-17)27-28-12-14-4-3-5-15(14)13-28/h1-2,6-7,10-11,14-15,17H,3-5,8-9,12-13H2,(H,25,26,27). The molecule has 2 unspecified atom stereocenters. The lowest BCUT2D eigenvalue weighted by atomic mass is 10.0. The Morgan fingerprint density at radius 2 is 1.84 bits per heavy atom. The van der Waals surface area contributed by atoms with E-state index < -0.39 is 0 Å². The van der Waals surface area contributed by atoms with Gasteiger partial charge in [-0.15, -0.1) is 0 Å². The van der Waals surface area contributed by atoms with Crippen LogP contribution in [-0.2, 0) is 0 Å². The normalized spacial score (nSPS) is 23.3. The van der Waals surface area contributed by atoms with Gasteiger partial charge in [-0.25, -0.2) is 9.99 Å². The van der Waals surface area contributed by atoms with Gasteiger partial charge >= 0.3 is 0 Å². The highest BCUT2D eigenvalue weighted by molar-refractivity contribution is 6.32. The van der Waals surface area contributed by atoms with Crippen molar-refractivity contribution in [2.75, 3.05) is 18.5 Å². The largest absolute Gasteiger partial charge is 0.450 e. The van der Waals surface area contributed by atoms with Crippen molar-refractivity contribution in [2.45, 2.75) is 38.1 Å². The number of ether oxygens (including phenoxy) is 1. The van der Waals surface area contributed by atoms with E-state index in [4.69, 9.17) is 21.3 Å². The smallest absolute Gasteiger partial charge is 0.295 e. The Bertz CT molecular complexity index is 1200. The van der Waals surface area contributed by atoms with Gasteiger partial charge in [0.05, 0.1) is 5.02 Å². The zero-order valence-electron chi connectivity index (χ0n) is 17.1. The zero-order valence-corrected chi connectivity index (χ0v) is 17.9. The highest BCUT2D eigenvalue weighted by atomic mass is 35.5. The number of hydrogen-bond donors (Lipinski definition) is 1. The van der Waals surface area contributed by atoms with Crippen molar-refractivity contribution in [1.82, 2.24) is 19.5 Å². The summed E-state index contributed by atoms with van der Waals surface area (Å²) >= 11 is 6.22. The first-order chi connectivity index (χ1) is 15.2. The number of anilines is 1. The molecule has 2 saturated carbocycles. The number of hydrazine groups is 1. The van der Waals surface area contributed by atoms with Crippen LogP contribution in [-0.4, -0.2) is 32.6 Å². The first kappa shape index (κ1) is 19.1. The van der Waals surface area contributed by atoms with Gasteiger partial charge in [-0.05, 0) is 55.7 Å². The SMILES string of the molecule is O=c1c(Oc2ccccc2Cl)cc2cnc(NN3CC4CCCC4C3)nc2n1C1CC1. The van der Waals surface area contributed by atoms with Gasteiger partial charge in [-0.2, -0.15) is 4.98 Å². The highest BCUT2D eigenvalue weighted by Crippen LogP contribution is 2.39. The minimum atomic E-state index is -0.185. The van der Waals surface area contributed by atoms with Crippen molar-refractivity contribution in [2.24, 2.45) is 11.8 Å². The molecule has 3 heterocycles. The second-order valence-corrected chi connectivity index (χ2v) is 9.30.